The van der Waals surface area contributed by atoms with Crippen molar-refractivity contribution in [3.05, 3.63) is 74.3 Å². The van der Waals surface area contributed by atoms with Gasteiger partial charge in [-0.05, 0) is 55.0 Å². The number of hydrogen-bond donors (Lipinski definition) is 1. The van der Waals surface area contributed by atoms with Gasteiger partial charge in [-0.2, -0.15) is 8.42 Å². The minimum Gasteiger partial charge on any atom is -0.467 e. The molecule has 0 fully saturated rings. The van der Waals surface area contributed by atoms with Gasteiger partial charge in [-0.25, -0.2) is 4.31 Å². The Bertz CT molecular complexity index is 1130. The van der Waals surface area contributed by atoms with E-state index in [0.717, 1.165) is 15.6 Å². The molecule has 3 aromatic rings. The second-order valence-corrected chi connectivity index (χ2v) is 9.75. The molecule has 0 spiro atoms. The first-order valence-electron chi connectivity index (χ1n) is 8.79. The zero-order valence-corrected chi connectivity index (χ0v) is 18.9. The van der Waals surface area contributed by atoms with E-state index in [4.69, 9.17) is 27.6 Å². The topological polar surface area (TPSA) is 91.1 Å². The van der Waals surface area contributed by atoms with Crippen LogP contribution in [-0.2, 0) is 23.4 Å². The van der Waals surface area contributed by atoms with Gasteiger partial charge >= 0.3 is 10.3 Å². The number of furan rings is 1. The van der Waals surface area contributed by atoms with Crippen LogP contribution in [-0.4, -0.2) is 30.3 Å². The molecular weight excluding hydrogens is 471 g/mol. The number of rotatable bonds is 8. The average molecular weight is 489 g/mol. The number of carbonyl (C=O) groups is 1. The number of carbonyl (C=O) groups excluding carboxylic acids is 1. The number of anilines is 1. The van der Waals surface area contributed by atoms with Gasteiger partial charge in [0.25, 0.3) is 5.91 Å². The molecule has 0 aliphatic heterocycles. The van der Waals surface area contributed by atoms with Crippen molar-refractivity contribution >= 4 is 56.4 Å². The van der Waals surface area contributed by atoms with Crippen molar-refractivity contribution in [1.82, 2.24) is 4.90 Å². The zero-order valence-electron chi connectivity index (χ0n) is 15.8. The van der Waals surface area contributed by atoms with Crippen LogP contribution in [0, 0.1) is 0 Å². The van der Waals surface area contributed by atoms with Crippen molar-refractivity contribution in [3.8, 4) is 0 Å². The molecule has 0 saturated carbocycles. The van der Waals surface area contributed by atoms with E-state index in [-0.39, 0.29) is 31.2 Å². The number of thiophene rings is 1. The van der Waals surface area contributed by atoms with Crippen LogP contribution in [0.1, 0.15) is 27.9 Å². The van der Waals surface area contributed by atoms with Gasteiger partial charge in [0.2, 0.25) is 0 Å². The van der Waals surface area contributed by atoms with E-state index in [0.29, 0.717) is 25.6 Å². The summed E-state index contributed by atoms with van der Waals surface area (Å²) in [6.07, 6.45) is 1.50. The Morgan fingerprint density at radius 3 is 2.50 bits per heavy atom. The summed E-state index contributed by atoms with van der Waals surface area (Å²) >= 11 is 13.3. The van der Waals surface area contributed by atoms with E-state index in [2.05, 4.69) is 0 Å². The van der Waals surface area contributed by atoms with Crippen molar-refractivity contribution in [2.45, 2.75) is 20.0 Å². The Hall–Kier alpha value is -2.04. The van der Waals surface area contributed by atoms with Gasteiger partial charge < -0.3 is 9.32 Å². The molecule has 1 N–H and O–H groups in total. The molecule has 0 aliphatic rings. The Balaban J connectivity index is 2.01. The zero-order chi connectivity index (χ0) is 21.9. The van der Waals surface area contributed by atoms with Crippen LogP contribution in [0.5, 0.6) is 0 Å². The number of amides is 1. The Morgan fingerprint density at radius 1 is 1.17 bits per heavy atom. The normalized spacial score (nSPS) is 11.5. The predicted octanol–water partition coefficient (Wildman–Crippen LogP) is 5.12. The Morgan fingerprint density at radius 2 is 1.93 bits per heavy atom. The standard InChI is InChI=1S/C19H18Cl2N2O5S2/c1-2-23(30(25,26)27)16-6-5-14(20)10-13(16)11-22(12-15-4-3-9-28-15)19(24)17-7-8-18(21)29-17/h3-10H,2,11-12H2,1H3,(H,25,26,27). The van der Waals surface area contributed by atoms with Crippen molar-refractivity contribution in [2.75, 3.05) is 10.8 Å². The molecule has 160 valence electrons. The molecule has 1 amide bonds. The van der Waals surface area contributed by atoms with E-state index >= 15 is 0 Å². The highest BCUT2D eigenvalue weighted by Gasteiger charge is 2.25. The third-order valence-corrected chi connectivity index (χ3v) is 6.70. The molecule has 3 rings (SSSR count). The molecule has 11 heteroatoms. The van der Waals surface area contributed by atoms with Crippen LogP contribution in [0.2, 0.25) is 9.36 Å². The Kier molecular flexibility index (Phi) is 7.10. The molecule has 7 nitrogen and oxygen atoms in total. The smallest absolute Gasteiger partial charge is 0.359 e. The van der Waals surface area contributed by atoms with Gasteiger partial charge in [0.1, 0.15) is 5.76 Å². The van der Waals surface area contributed by atoms with Crippen molar-refractivity contribution in [3.63, 3.8) is 0 Å². The molecule has 0 atom stereocenters. The molecule has 1 aromatic carbocycles. The predicted molar refractivity (Wildman–Crippen MR) is 118 cm³/mol. The fraction of sp³-hybridized carbons (Fsp3) is 0.211. The maximum atomic E-state index is 13.1. The highest BCUT2D eigenvalue weighted by atomic mass is 35.5. The largest absolute Gasteiger partial charge is 0.467 e. The number of nitrogens with zero attached hydrogens (tertiary/aromatic N) is 2. The third-order valence-electron chi connectivity index (χ3n) is 4.24. The van der Waals surface area contributed by atoms with E-state index in [9.17, 15) is 17.8 Å². The van der Waals surface area contributed by atoms with Gasteiger partial charge in [0, 0.05) is 18.1 Å². The van der Waals surface area contributed by atoms with Gasteiger partial charge in [-0.15, -0.1) is 11.3 Å². The van der Waals surface area contributed by atoms with E-state index < -0.39 is 10.3 Å². The van der Waals surface area contributed by atoms with Crippen molar-refractivity contribution < 1.29 is 22.2 Å². The van der Waals surface area contributed by atoms with E-state index in [1.165, 1.54) is 23.3 Å². The molecule has 0 unspecified atom stereocenters. The summed E-state index contributed by atoms with van der Waals surface area (Å²) < 4.78 is 40.0. The molecule has 0 radical (unpaired) electrons. The van der Waals surface area contributed by atoms with Crippen molar-refractivity contribution in [2.24, 2.45) is 0 Å². The lowest BCUT2D eigenvalue weighted by Gasteiger charge is -2.26. The summed E-state index contributed by atoms with van der Waals surface area (Å²) in [5.41, 5.74) is 0.676. The number of hydrogen-bond acceptors (Lipinski definition) is 5. The first-order valence-corrected chi connectivity index (χ1v) is 11.8. The summed E-state index contributed by atoms with van der Waals surface area (Å²) in [5, 5.41) is 0.365. The lowest BCUT2D eigenvalue weighted by Crippen LogP contribution is -2.33. The summed E-state index contributed by atoms with van der Waals surface area (Å²) in [6.45, 7) is 1.76. The SMILES string of the molecule is CCN(c1ccc(Cl)cc1CN(Cc1ccco1)C(=O)c1ccc(Cl)s1)S(=O)(=O)O. The number of halogens is 2. The maximum absolute atomic E-state index is 13.1. The minimum absolute atomic E-state index is 0.000128. The first kappa shape index (κ1) is 22.6. The van der Waals surface area contributed by atoms with Crippen LogP contribution in [0.25, 0.3) is 0 Å². The van der Waals surface area contributed by atoms with Gasteiger partial charge in [0.05, 0.1) is 27.7 Å². The fourth-order valence-corrected chi connectivity index (χ4v) is 4.92. The second kappa shape index (κ2) is 9.40. The second-order valence-electron chi connectivity index (χ2n) is 6.26. The summed E-state index contributed by atoms with van der Waals surface area (Å²) in [7, 11) is -4.51. The van der Waals surface area contributed by atoms with E-state index in [1.54, 1.807) is 37.3 Å². The molecule has 0 bridgehead atoms. The Labute approximate surface area is 188 Å². The van der Waals surface area contributed by atoms with Crippen LogP contribution in [0.4, 0.5) is 5.69 Å². The third kappa shape index (κ3) is 5.35. The summed E-state index contributed by atoms with van der Waals surface area (Å²) in [6, 6.07) is 11.3. The van der Waals surface area contributed by atoms with Crippen LogP contribution < -0.4 is 4.31 Å². The summed E-state index contributed by atoms with van der Waals surface area (Å²) in [4.78, 5) is 15.1. The quantitative estimate of drug-likeness (QED) is 0.444. The molecule has 2 heterocycles. The minimum atomic E-state index is -4.51. The molecule has 0 saturated heterocycles. The molecular formula is C19H18Cl2N2O5S2. The number of benzene rings is 1. The highest BCUT2D eigenvalue weighted by Crippen LogP contribution is 2.30. The fourth-order valence-electron chi connectivity index (χ4n) is 2.96. The molecule has 2 aromatic heterocycles. The first-order chi connectivity index (χ1) is 14.2. The molecule has 30 heavy (non-hydrogen) atoms. The van der Waals surface area contributed by atoms with E-state index in [1.807, 2.05) is 0 Å². The molecule has 0 aliphatic carbocycles. The lowest BCUT2D eigenvalue weighted by molar-refractivity contribution is 0.0723. The van der Waals surface area contributed by atoms with Crippen LogP contribution in [0.15, 0.2) is 53.1 Å². The average Bonchev–Trinajstić information content (AvgIpc) is 3.33. The van der Waals surface area contributed by atoms with Crippen molar-refractivity contribution in [1.29, 1.82) is 0 Å². The lowest BCUT2D eigenvalue weighted by atomic mass is 10.1. The van der Waals surface area contributed by atoms with Crippen LogP contribution in [0.3, 0.4) is 0 Å². The highest BCUT2D eigenvalue weighted by molar-refractivity contribution is 7.87. The van der Waals surface area contributed by atoms with Crippen LogP contribution >= 0.6 is 34.5 Å². The monoisotopic (exact) mass is 488 g/mol. The maximum Gasteiger partial charge on any atom is 0.359 e. The van der Waals surface area contributed by atoms with Gasteiger partial charge in [0.15, 0.2) is 0 Å². The van der Waals surface area contributed by atoms with Gasteiger partial charge in [-0.1, -0.05) is 23.2 Å². The van der Waals surface area contributed by atoms with Gasteiger partial charge in [-0.3, -0.25) is 9.35 Å². The summed E-state index contributed by atoms with van der Waals surface area (Å²) in [5.74, 6) is 0.251.